The van der Waals surface area contributed by atoms with E-state index in [1.54, 1.807) is 35.7 Å². The molecule has 42 heavy (non-hydrogen) atoms. The van der Waals surface area contributed by atoms with E-state index in [-0.39, 0.29) is 17.9 Å². The van der Waals surface area contributed by atoms with Crippen LogP contribution in [0.25, 0.3) is 32.0 Å². The maximum Gasteiger partial charge on any atom is 0.255 e. The molecule has 4 heterocycles. The first-order valence-electron chi connectivity index (χ1n) is 13.6. The van der Waals surface area contributed by atoms with Crippen LogP contribution >= 0.6 is 11.3 Å². The minimum Gasteiger partial charge on any atom is -0.507 e. The molecular formula is C31H30N6O4S. The Morgan fingerprint density at radius 1 is 1.05 bits per heavy atom. The van der Waals surface area contributed by atoms with Gasteiger partial charge >= 0.3 is 0 Å². The molecule has 0 radical (unpaired) electrons. The number of fused-ring (bicyclic) bond motifs is 1. The lowest BCUT2D eigenvalue weighted by Crippen LogP contribution is -2.36. The quantitative estimate of drug-likeness (QED) is 0.214. The van der Waals surface area contributed by atoms with Crippen molar-refractivity contribution in [2.45, 2.75) is 12.5 Å². The van der Waals surface area contributed by atoms with Gasteiger partial charge in [-0.1, -0.05) is 36.4 Å². The van der Waals surface area contributed by atoms with Gasteiger partial charge in [0.1, 0.15) is 11.6 Å². The molecule has 0 aliphatic carbocycles. The number of nitrogen functional groups attached to an aromatic ring is 1. The predicted molar refractivity (Wildman–Crippen MR) is 164 cm³/mol. The molecule has 1 aliphatic heterocycles. The number of aromatic nitrogens is 3. The smallest absolute Gasteiger partial charge is 0.255 e. The minimum atomic E-state index is -0.799. The number of carbonyl (C=O) groups is 1. The number of pyridine rings is 1. The Morgan fingerprint density at radius 3 is 2.67 bits per heavy atom. The number of carbonyl (C=O) groups excluding carboxylic acids is 1. The van der Waals surface area contributed by atoms with E-state index in [9.17, 15) is 15.0 Å². The average Bonchev–Trinajstić information content (AvgIpc) is 3.45. The molecule has 0 saturated carbocycles. The molecule has 5 N–H and O–H groups in total. The molecule has 1 unspecified atom stereocenters. The second-order valence-electron chi connectivity index (χ2n) is 10.1. The molecule has 1 atom stereocenters. The van der Waals surface area contributed by atoms with Crippen molar-refractivity contribution in [1.29, 1.82) is 0 Å². The van der Waals surface area contributed by atoms with Gasteiger partial charge in [0, 0.05) is 42.7 Å². The summed E-state index contributed by atoms with van der Waals surface area (Å²) in [5.41, 5.74) is 9.54. The van der Waals surface area contributed by atoms with Gasteiger partial charge in [-0.25, -0.2) is 15.0 Å². The fourth-order valence-corrected chi connectivity index (χ4v) is 5.99. The Balaban J connectivity index is 1.24. The van der Waals surface area contributed by atoms with Gasteiger partial charge in [0.15, 0.2) is 11.6 Å². The van der Waals surface area contributed by atoms with Crippen molar-refractivity contribution in [3.05, 3.63) is 84.1 Å². The minimum absolute atomic E-state index is 0.0571. The van der Waals surface area contributed by atoms with Crippen molar-refractivity contribution in [1.82, 2.24) is 20.3 Å². The van der Waals surface area contributed by atoms with Crippen LogP contribution in [0.5, 0.6) is 5.75 Å². The molecule has 10 nitrogen and oxygen atoms in total. The number of hydrogen-bond acceptors (Lipinski definition) is 10. The lowest BCUT2D eigenvalue weighted by Gasteiger charge is -2.28. The second-order valence-corrected chi connectivity index (χ2v) is 11.1. The monoisotopic (exact) mass is 582 g/mol. The van der Waals surface area contributed by atoms with E-state index in [1.807, 2.05) is 30.3 Å². The predicted octanol–water partition coefficient (Wildman–Crippen LogP) is 3.88. The van der Waals surface area contributed by atoms with Crippen LogP contribution < -0.4 is 16.0 Å². The van der Waals surface area contributed by atoms with Crippen LogP contribution in [0.15, 0.2) is 72.9 Å². The van der Waals surface area contributed by atoms with Gasteiger partial charge < -0.3 is 30.9 Å². The number of anilines is 2. The average molecular weight is 583 g/mol. The standard InChI is InChI=1S/C31H30N6O4S/c32-27-9-8-21(17-33-27)29-35-24-16-26(42-28(24)30(36-29)37-10-12-41-13-11-37)20-5-3-4-19(14-20)15-22(38)18-34-31(40)23-6-1-2-7-25(23)39/h1-9,14,16-17,22,38-39H,10-13,15,18H2,(H2,32,33)(H,34,40). The highest BCUT2D eigenvalue weighted by Gasteiger charge is 2.21. The zero-order valence-electron chi connectivity index (χ0n) is 22.7. The number of ether oxygens (including phenoxy) is 1. The van der Waals surface area contributed by atoms with E-state index in [4.69, 9.17) is 20.4 Å². The summed E-state index contributed by atoms with van der Waals surface area (Å²) < 4.78 is 6.58. The molecule has 0 spiro atoms. The molecule has 1 saturated heterocycles. The maximum atomic E-state index is 12.4. The highest BCUT2D eigenvalue weighted by atomic mass is 32.1. The number of morpholine rings is 1. The third-order valence-electron chi connectivity index (χ3n) is 7.04. The Hall–Kier alpha value is -4.58. The number of thiophene rings is 1. The summed E-state index contributed by atoms with van der Waals surface area (Å²) >= 11 is 1.63. The van der Waals surface area contributed by atoms with Crippen molar-refractivity contribution in [2.75, 3.05) is 43.5 Å². The zero-order chi connectivity index (χ0) is 29.1. The summed E-state index contributed by atoms with van der Waals surface area (Å²) in [5.74, 6) is 1.37. The maximum absolute atomic E-state index is 12.4. The molecule has 1 aliphatic rings. The summed E-state index contributed by atoms with van der Waals surface area (Å²) in [6.45, 7) is 2.82. The Bertz CT molecular complexity index is 1720. The summed E-state index contributed by atoms with van der Waals surface area (Å²) in [5, 5.41) is 23.3. The first-order valence-corrected chi connectivity index (χ1v) is 14.5. The van der Waals surface area contributed by atoms with Gasteiger partial charge in [-0.3, -0.25) is 4.79 Å². The molecular weight excluding hydrogens is 552 g/mol. The van der Waals surface area contributed by atoms with Crippen LogP contribution in [0.3, 0.4) is 0 Å². The van der Waals surface area contributed by atoms with Gasteiger partial charge in [0.2, 0.25) is 0 Å². The lowest BCUT2D eigenvalue weighted by molar-refractivity contribution is 0.0913. The molecule has 214 valence electrons. The highest BCUT2D eigenvalue weighted by molar-refractivity contribution is 7.22. The van der Waals surface area contributed by atoms with E-state index in [2.05, 4.69) is 21.3 Å². The highest BCUT2D eigenvalue weighted by Crippen LogP contribution is 2.39. The number of aliphatic hydroxyl groups excluding tert-OH is 1. The van der Waals surface area contributed by atoms with Gasteiger partial charge in [0.25, 0.3) is 5.91 Å². The summed E-state index contributed by atoms with van der Waals surface area (Å²) in [4.78, 5) is 29.7. The molecule has 2 aromatic carbocycles. The Morgan fingerprint density at radius 2 is 1.88 bits per heavy atom. The van der Waals surface area contributed by atoms with E-state index in [0.717, 1.165) is 50.7 Å². The van der Waals surface area contributed by atoms with Crippen molar-refractivity contribution in [2.24, 2.45) is 0 Å². The van der Waals surface area contributed by atoms with Gasteiger partial charge in [-0.15, -0.1) is 11.3 Å². The van der Waals surface area contributed by atoms with Crippen LogP contribution in [0, 0.1) is 0 Å². The molecule has 1 fully saturated rings. The largest absolute Gasteiger partial charge is 0.507 e. The number of para-hydroxylation sites is 1. The first-order chi connectivity index (χ1) is 20.4. The molecule has 3 aromatic heterocycles. The van der Waals surface area contributed by atoms with Crippen LogP contribution in [-0.4, -0.2) is 70.0 Å². The number of aromatic hydroxyl groups is 1. The normalized spacial score (nSPS) is 14.2. The number of rotatable bonds is 8. The van der Waals surface area contributed by atoms with Crippen molar-refractivity contribution in [3.8, 4) is 27.6 Å². The van der Waals surface area contributed by atoms with E-state index >= 15 is 0 Å². The molecule has 6 rings (SSSR count). The number of hydrogen-bond donors (Lipinski definition) is 4. The number of aliphatic hydroxyl groups is 1. The number of benzene rings is 2. The van der Waals surface area contributed by atoms with Crippen LogP contribution in [0.2, 0.25) is 0 Å². The number of amides is 1. The Labute approximate surface area is 246 Å². The summed E-state index contributed by atoms with van der Waals surface area (Å²) in [6, 6.07) is 20.0. The van der Waals surface area contributed by atoms with Gasteiger partial charge in [0.05, 0.1) is 35.1 Å². The summed E-state index contributed by atoms with van der Waals surface area (Å²) in [6.07, 6.45) is 1.24. The third kappa shape index (κ3) is 6.03. The van der Waals surface area contributed by atoms with Crippen LogP contribution in [0.1, 0.15) is 15.9 Å². The van der Waals surface area contributed by atoms with Crippen LogP contribution in [0.4, 0.5) is 11.6 Å². The molecule has 0 bridgehead atoms. The van der Waals surface area contributed by atoms with Gasteiger partial charge in [-0.05, 0) is 41.5 Å². The third-order valence-corrected chi connectivity index (χ3v) is 8.21. The van der Waals surface area contributed by atoms with E-state index in [0.29, 0.717) is 31.3 Å². The number of phenols is 1. The Kier molecular flexibility index (Phi) is 7.95. The van der Waals surface area contributed by atoms with E-state index in [1.165, 1.54) is 12.1 Å². The first kappa shape index (κ1) is 27.6. The number of nitrogens with two attached hydrogens (primary N) is 1. The van der Waals surface area contributed by atoms with Crippen molar-refractivity contribution in [3.63, 3.8) is 0 Å². The molecule has 11 heteroatoms. The lowest BCUT2D eigenvalue weighted by atomic mass is 10.0. The molecule has 1 amide bonds. The number of nitrogens with one attached hydrogen (secondary N) is 1. The van der Waals surface area contributed by atoms with Crippen LogP contribution in [-0.2, 0) is 11.2 Å². The van der Waals surface area contributed by atoms with Crippen molar-refractivity contribution < 1.29 is 19.7 Å². The van der Waals surface area contributed by atoms with Gasteiger partial charge in [-0.2, -0.15) is 0 Å². The summed E-state index contributed by atoms with van der Waals surface area (Å²) in [7, 11) is 0. The number of phenolic OH excluding ortho intramolecular Hbond substituents is 1. The molecule has 5 aromatic rings. The topological polar surface area (TPSA) is 147 Å². The fourth-order valence-electron chi connectivity index (χ4n) is 4.88. The zero-order valence-corrected chi connectivity index (χ0v) is 23.6. The fraction of sp³-hybridized carbons (Fsp3) is 0.226. The van der Waals surface area contributed by atoms with Crippen molar-refractivity contribution >= 4 is 39.1 Å². The SMILES string of the molecule is Nc1ccc(-c2nc(N3CCOCC3)c3sc(-c4cccc(CC(O)CNC(=O)c5ccccc5O)c4)cc3n2)cn1. The van der Waals surface area contributed by atoms with E-state index < -0.39 is 12.0 Å². The second kappa shape index (κ2) is 12.1. The number of nitrogens with zero attached hydrogens (tertiary/aromatic N) is 4.